The normalized spacial score (nSPS) is 23.5. The summed E-state index contributed by atoms with van der Waals surface area (Å²) in [5.74, 6) is -2.06. The first-order valence-electron chi connectivity index (χ1n) is 12.6. The van der Waals surface area contributed by atoms with E-state index in [1.54, 1.807) is 26.8 Å². The predicted molar refractivity (Wildman–Crippen MR) is 136 cm³/mol. The molecule has 2 aromatic carbocycles. The number of hydrogen-bond acceptors (Lipinski definition) is 7. The maximum absolute atomic E-state index is 13.1. The molecule has 1 aliphatic heterocycles. The van der Waals surface area contributed by atoms with E-state index in [4.69, 9.17) is 14.2 Å². The Labute approximate surface area is 217 Å². The van der Waals surface area contributed by atoms with Gasteiger partial charge in [-0.1, -0.05) is 60.7 Å². The molecule has 8 heteroatoms. The highest BCUT2D eigenvalue weighted by molar-refractivity contribution is 5.94. The van der Waals surface area contributed by atoms with Crippen molar-refractivity contribution >= 4 is 11.9 Å². The van der Waals surface area contributed by atoms with Crippen LogP contribution in [-0.2, 0) is 29.6 Å². The lowest BCUT2D eigenvalue weighted by Crippen LogP contribution is -2.44. The quantitative estimate of drug-likeness (QED) is 0.469. The molecule has 2 aromatic rings. The average molecular weight is 510 g/mol. The molecule has 2 aliphatic rings. The summed E-state index contributed by atoms with van der Waals surface area (Å²) < 4.78 is 18.2. The van der Waals surface area contributed by atoms with Crippen molar-refractivity contribution in [3.05, 3.63) is 83.4 Å². The van der Waals surface area contributed by atoms with Crippen molar-refractivity contribution in [1.82, 2.24) is 5.32 Å². The fourth-order valence-electron chi connectivity index (χ4n) is 4.67. The van der Waals surface area contributed by atoms with E-state index in [-0.39, 0.29) is 25.9 Å². The van der Waals surface area contributed by atoms with Gasteiger partial charge in [0.15, 0.2) is 0 Å². The van der Waals surface area contributed by atoms with Crippen molar-refractivity contribution < 1.29 is 34.0 Å². The van der Waals surface area contributed by atoms with E-state index in [0.717, 1.165) is 11.1 Å². The van der Waals surface area contributed by atoms with Crippen LogP contribution in [-0.4, -0.2) is 58.7 Å². The summed E-state index contributed by atoms with van der Waals surface area (Å²) >= 11 is 0. The van der Waals surface area contributed by atoms with Crippen molar-refractivity contribution in [2.75, 3.05) is 6.61 Å². The standard InChI is InChI=1S/C29H35NO7/c1-28(2,3)36-25(33)15-14-22(18-31)30-27(34)19-16-23(32)26-24(17-19)35-29(37-26,20-10-6-4-7-11-20)21-12-8-5-9-13-21/h4-13,17,22-24,26,31-32H,14-16,18H2,1-3H3,(H,30,34). The van der Waals surface area contributed by atoms with Crippen LogP contribution in [0.15, 0.2) is 72.3 Å². The second-order valence-electron chi connectivity index (χ2n) is 10.5. The Balaban J connectivity index is 1.50. The zero-order valence-corrected chi connectivity index (χ0v) is 21.4. The Bertz CT molecular complexity index is 1070. The topological polar surface area (TPSA) is 114 Å². The van der Waals surface area contributed by atoms with Gasteiger partial charge in [0.25, 0.3) is 0 Å². The molecule has 37 heavy (non-hydrogen) atoms. The maximum atomic E-state index is 13.1. The van der Waals surface area contributed by atoms with Crippen LogP contribution >= 0.6 is 0 Å². The fourth-order valence-corrected chi connectivity index (χ4v) is 4.67. The number of carbonyl (C=O) groups excluding carboxylic acids is 2. The van der Waals surface area contributed by atoms with Crippen molar-refractivity contribution in [2.45, 2.75) is 75.8 Å². The molecule has 0 radical (unpaired) electrons. The van der Waals surface area contributed by atoms with Gasteiger partial charge in [0.1, 0.15) is 17.8 Å². The van der Waals surface area contributed by atoms with Gasteiger partial charge in [-0.25, -0.2) is 0 Å². The number of ether oxygens (including phenoxy) is 3. The summed E-state index contributed by atoms with van der Waals surface area (Å²) in [6, 6.07) is 18.4. The average Bonchev–Trinajstić information content (AvgIpc) is 3.28. The summed E-state index contributed by atoms with van der Waals surface area (Å²) in [7, 11) is 0. The molecule has 1 amide bonds. The monoisotopic (exact) mass is 509 g/mol. The molecule has 8 nitrogen and oxygen atoms in total. The van der Waals surface area contributed by atoms with Gasteiger partial charge in [-0.05, 0) is 33.3 Å². The van der Waals surface area contributed by atoms with Crippen LogP contribution in [0.25, 0.3) is 0 Å². The lowest BCUT2D eigenvalue weighted by molar-refractivity contribution is -0.156. The minimum atomic E-state index is -1.23. The van der Waals surface area contributed by atoms with E-state index >= 15 is 0 Å². The van der Waals surface area contributed by atoms with Gasteiger partial charge in [-0.2, -0.15) is 0 Å². The number of rotatable bonds is 8. The summed E-state index contributed by atoms with van der Waals surface area (Å²) in [5.41, 5.74) is 1.30. The number of esters is 1. The van der Waals surface area contributed by atoms with Crippen molar-refractivity contribution in [1.29, 1.82) is 0 Å². The SMILES string of the molecule is CC(C)(C)OC(=O)CCC(CO)NC(=O)C1=CC2OC(c3ccccc3)(c3ccccc3)OC2C(O)C1. The highest BCUT2D eigenvalue weighted by atomic mass is 16.8. The molecule has 0 saturated carbocycles. The Hall–Kier alpha value is -3.04. The van der Waals surface area contributed by atoms with Crippen LogP contribution in [0.5, 0.6) is 0 Å². The van der Waals surface area contributed by atoms with Crippen LogP contribution < -0.4 is 5.32 Å². The van der Waals surface area contributed by atoms with Gasteiger partial charge in [0.2, 0.25) is 11.7 Å². The third-order valence-corrected chi connectivity index (χ3v) is 6.37. The van der Waals surface area contributed by atoms with Crippen molar-refractivity contribution in [3.63, 3.8) is 0 Å². The summed E-state index contributed by atoms with van der Waals surface area (Å²) in [4.78, 5) is 25.1. The van der Waals surface area contributed by atoms with Gasteiger partial charge >= 0.3 is 5.97 Å². The number of aliphatic hydroxyl groups is 2. The van der Waals surface area contributed by atoms with E-state index in [1.807, 2.05) is 60.7 Å². The first-order chi connectivity index (χ1) is 17.6. The number of benzene rings is 2. The maximum Gasteiger partial charge on any atom is 0.306 e. The zero-order valence-electron chi connectivity index (χ0n) is 21.4. The number of amides is 1. The van der Waals surface area contributed by atoms with Crippen LogP contribution in [0.2, 0.25) is 0 Å². The number of fused-ring (bicyclic) bond motifs is 1. The summed E-state index contributed by atoms with van der Waals surface area (Å²) in [5, 5.41) is 23.5. The Morgan fingerprint density at radius 1 is 1.05 bits per heavy atom. The molecule has 198 valence electrons. The van der Waals surface area contributed by atoms with E-state index in [1.165, 1.54) is 0 Å². The first-order valence-corrected chi connectivity index (χ1v) is 12.6. The Kier molecular flexibility index (Phi) is 8.14. The predicted octanol–water partition coefficient (Wildman–Crippen LogP) is 2.96. The second-order valence-corrected chi connectivity index (χ2v) is 10.5. The second kappa shape index (κ2) is 11.1. The van der Waals surface area contributed by atoms with Crippen LogP contribution in [0.1, 0.15) is 51.2 Å². The van der Waals surface area contributed by atoms with E-state index in [0.29, 0.717) is 5.57 Å². The van der Waals surface area contributed by atoms with Crippen molar-refractivity contribution in [3.8, 4) is 0 Å². The van der Waals surface area contributed by atoms with Gasteiger partial charge in [-0.3, -0.25) is 9.59 Å². The third kappa shape index (κ3) is 6.27. The summed E-state index contributed by atoms with van der Waals surface area (Å²) in [6.45, 7) is 5.01. The Morgan fingerprint density at radius 3 is 2.19 bits per heavy atom. The van der Waals surface area contributed by atoms with Crippen LogP contribution in [0.4, 0.5) is 0 Å². The van der Waals surface area contributed by atoms with Crippen LogP contribution in [0.3, 0.4) is 0 Å². The molecule has 4 rings (SSSR count). The largest absolute Gasteiger partial charge is 0.460 e. The lowest BCUT2D eigenvalue weighted by atomic mass is 9.91. The lowest BCUT2D eigenvalue weighted by Gasteiger charge is -2.29. The van der Waals surface area contributed by atoms with E-state index < -0.39 is 47.6 Å². The minimum Gasteiger partial charge on any atom is -0.460 e. The van der Waals surface area contributed by atoms with Gasteiger partial charge in [0.05, 0.1) is 18.8 Å². The van der Waals surface area contributed by atoms with Gasteiger partial charge in [0, 0.05) is 29.5 Å². The summed E-state index contributed by atoms with van der Waals surface area (Å²) in [6.07, 6.45) is -0.272. The molecule has 1 heterocycles. The van der Waals surface area contributed by atoms with Crippen LogP contribution in [0, 0.1) is 0 Å². The molecule has 4 atom stereocenters. The minimum absolute atomic E-state index is 0.0583. The highest BCUT2D eigenvalue weighted by Gasteiger charge is 2.53. The third-order valence-electron chi connectivity index (χ3n) is 6.37. The molecule has 1 fully saturated rings. The first kappa shape index (κ1) is 27.0. The fraction of sp³-hybridized carbons (Fsp3) is 0.448. The molecule has 1 aliphatic carbocycles. The molecule has 3 N–H and O–H groups in total. The number of hydrogen-bond donors (Lipinski definition) is 3. The van der Waals surface area contributed by atoms with E-state index in [9.17, 15) is 19.8 Å². The molecule has 0 aromatic heterocycles. The molecular formula is C29H35NO7. The molecule has 0 bridgehead atoms. The molecule has 0 spiro atoms. The molecular weight excluding hydrogens is 474 g/mol. The number of carbonyl (C=O) groups is 2. The smallest absolute Gasteiger partial charge is 0.306 e. The molecule has 1 saturated heterocycles. The highest BCUT2D eigenvalue weighted by Crippen LogP contribution is 2.46. The number of aliphatic hydroxyl groups excluding tert-OH is 2. The van der Waals surface area contributed by atoms with Gasteiger partial charge in [-0.15, -0.1) is 0 Å². The molecule has 4 unspecified atom stereocenters. The number of nitrogens with one attached hydrogen (secondary N) is 1. The van der Waals surface area contributed by atoms with Gasteiger partial charge < -0.3 is 29.7 Å². The zero-order chi connectivity index (χ0) is 26.6. The van der Waals surface area contributed by atoms with E-state index in [2.05, 4.69) is 5.32 Å². The Morgan fingerprint density at radius 2 is 1.65 bits per heavy atom. The van der Waals surface area contributed by atoms with Crippen molar-refractivity contribution in [2.24, 2.45) is 0 Å².